The molecule has 2 N–H and O–H groups in total. The molecule has 0 amide bonds. The Kier molecular flexibility index (Phi) is 4.49. The van der Waals surface area contributed by atoms with Crippen LogP contribution in [0.5, 0.6) is 5.88 Å². The van der Waals surface area contributed by atoms with Crippen LogP contribution in [0.2, 0.25) is 5.15 Å². The number of ether oxygens (including phenoxy) is 1. The van der Waals surface area contributed by atoms with Gasteiger partial charge in [0.25, 0.3) is 0 Å². The van der Waals surface area contributed by atoms with Gasteiger partial charge >= 0.3 is 10.2 Å². The predicted molar refractivity (Wildman–Crippen MR) is 64.4 cm³/mol. The van der Waals surface area contributed by atoms with E-state index < -0.39 is 10.2 Å². The van der Waals surface area contributed by atoms with Gasteiger partial charge < -0.3 is 4.74 Å². The Morgan fingerprint density at radius 3 is 2.59 bits per heavy atom. The van der Waals surface area contributed by atoms with Crippen molar-refractivity contribution in [1.82, 2.24) is 14.7 Å². The quantitative estimate of drug-likeness (QED) is 0.778. The smallest absolute Gasteiger partial charge is 0.301 e. The molecule has 0 saturated heterocycles. The van der Waals surface area contributed by atoms with Crippen molar-refractivity contribution in [1.29, 1.82) is 0 Å². The van der Waals surface area contributed by atoms with Crippen molar-refractivity contribution < 1.29 is 13.2 Å². The van der Waals surface area contributed by atoms with Crippen LogP contribution in [0.3, 0.4) is 0 Å². The topological polar surface area (TPSA) is 93.2 Å². The number of aromatic nitrogens is 2. The molecular formula is C8H13ClN4O3S. The van der Waals surface area contributed by atoms with Gasteiger partial charge in [0.05, 0.1) is 7.11 Å². The molecule has 1 heterocycles. The predicted octanol–water partition coefficient (Wildman–Crippen LogP) is 0.793. The van der Waals surface area contributed by atoms with Gasteiger partial charge in [0.1, 0.15) is 5.15 Å². The Morgan fingerprint density at radius 1 is 1.41 bits per heavy atom. The Bertz CT molecular complexity index is 492. The summed E-state index contributed by atoms with van der Waals surface area (Å²) in [5.41, 5.74) is 0. The van der Waals surface area contributed by atoms with Crippen molar-refractivity contribution in [3.63, 3.8) is 0 Å². The molecule has 9 heteroatoms. The first-order valence-electron chi connectivity index (χ1n) is 4.71. The van der Waals surface area contributed by atoms with E-state index in [9.17, 15) is 8.42 Å². The average Bonchev–Trinajstić information content (AvgIpc) is 2.13. The zero-order valence-electron chi connectivity index (χ0n) is 9.56. The molecule has 0 aliphatic carbocycles. The van der Waals surface area contributed by atoms with Crippen LogP contribution in [0.25, 0.3) is 0 Å². The highest BCUT2D eigenvalue weighted by Crippen LogP contribution is 2.16. The summed E-state index contributed by atoms with van der Waals surface area (Å²) in [7, 11) is -2.32. The monoisotopic (exact) mass is 280 g/mol. The largest absolute Gasteiger partial charge is 0.481 e. The highest BCUT2D eigenvalue weighted by atomic mass is 35.5. The minimum absolute atomic E-state index is 0.0825. The van der Waals surface area contributed by atoms with Gasteiger partial charge in [-0.25, -0.2) is 9.71 Å². The first kappa shape index (κ1) is 13.9. The number of rotatable bonds is 5. The van der Waals surface area contributed by atoms with E-state index in [2.05, 4.69) is 19.4 Å². The number of halogens is 1. The van der Waals surface area contributed by atoms with Crippen LogP contribution in [0.1, 0.15) is 13.8 Å². The molecule has 0 saturated carbocycles. The highest BCUT2D eigenvalue weighted by molar-refractivity contribution is 7.90. The van der Waals surface area contributed by atoms with Crippen molar-refractivity contribution in [2.24, 2.45) is 0 Å². The van der Waals surface area contributed by atoms with Gasteiger partial charge in [-0.2, -0.15) is 18.1 Å². The summed E-state index contributed by atoms with van der Waals surface area (Å²) in [5, 5.41) is 0.0825. The van der Waals surface area contributed by atoms with Crippen molar-refractivity contribution in [3.05, 3.63) is 11.2 Å². The number of methoxy groups -OCH3 is 1. The summed E-state index contributed by atoms with van der Waals surface area (Å²) >= 11 is 5.68. The Hall–Kier alpha value is -1.12. The van der Waals surface area contributed by atoms with Crippen molar-refractivity contribution in [2.45, 2.75) is 19.9 Å². The lowest BCUT2D eigenvalue weighted by molar-refractivity contribution is 0.397. The van der Waals surface area contributed by atoms with Crippen LogP contribution in [0.4, 0.5) is 5.95 Å². The van der Waals surface area contributed by atoms with E-state index in [1.807, 2.05) is 0 Å². The van der Waals surface area contributed by atoms with Crippen LogP contribution in [-0.4, -0.2) is 31.5 Å². The number of anilines is 1. The van der Waals surface area contributed by atoms with Crippen LogP contribution < -0.4 is 14.2 Å². The van der Waals surface area contributed by atoms with Crippen LogP contribution in [0, 0.1) is 0 Å². The van der Waals surface area contributed by atoms with E-state index >= 15 is 0 Å². The molecule has 1 aromatic rings. The van der Waals surface area contributed by atoms with Gasteiger partial charge in [0.15, 0.2) is 0 Å². The van der Waals surface area contributed by atoms with Gasteiger partial charge in [0, 0.05) is 12.1 Å². The molecule has 1 rings (SSSR count). The molecule has 7 nitrogen and oxygen atoms in total. The number of nitrogens with zero attached hydrogens (tertiary/aromatic N) is 2. The van der Waals surface area contributed by atoms with Gasteiger partial charge in [-0.15, -0.1) is 0 Å². The fourth-order valence-electron chi connectivity index (χ4n) is 1.01. The standard InChI is InChI=1S/C8H13ClN4O3S/c1-5(2)12-17(14,15)13-8-10-6(9)4-7(11-8)16-3/h4-5,12H,1-3H3,(H,10,11,13). The second-order valence-electron chi connectivity index (χ2n) is 3.43. The zero-order chi connectivity index (χ0) is 13.1. The molecule has 0 aliphatic rings. The third-order valence-electron chi connectivity index (χ3n) is 1.50. The molecule has 96 valence electrons. The second kappa shape index (κ2) is 5.48. The molecule has 0 unspecified atom stereocenters. The minimum atomic E-state index is -3.71. The molecule has 0 aliphatic heterocycles. The lowest BCUT2D eigenvalue weighted by atomic mass is 10.4. The summed E-state index contributed by atoms with van der Waals surface area (Å²) < 4.78 is 32.4. The first-order chi connectivity index (χ1) is 7.82. The van der Waals surface area contributed by atoms with Gasteiger partial charge in [-0.1, -0.05) is 11.6 Å². The van der Waals surface area contributed by atoms with E-state index in [0.717, 1.165) is 0 Å². The first-order valence-corrected chi connectivity index (χ1v) is 6.57. The number of nitrogens with one attached hydrogen (secondary N) is 2. The zero-order valence-corrected chi connectivity index (χ0v) is 11.1. The minimum Gasteiger partial charge on any atom is -0.481 e. The molecule has 17 heavy (non-hydrogen) atoms. The second-order valence-corrected chi connectivity index (χ2v) is 5.27. The summed E-state index contributed by atoms with van der Waals surface area (Å²) in [5.74, 6) is 0.0229. The average molecular weight is 281 g/mol. The lowest BCUT2D eigenvalue weighted by Crippen LogP contribution is -2.35. The van der Waals surface area contributed by atoms with Gasteiger partial charge in [-0.3, -0.25) is 0 Å². The molecule has 0 spiro atoms. The van der Waals surface area contributed by atoms with Gasteiger partial charge in [-0.05, 0) is 13.8 Å². The molecule has 0 bridgehead atoms. The molecular weight excluding hydrogens is 268 g/mol. The number of hydrogen-bond donors (Lipinski definition) is 2. The fraction of sp³-hybridized carbons (Fsp3) is 0.500. The maximum absolute atomic E-state index is 11.5. The van der Waals surface area contributed by atoms with Crippen LogP contribution >= 0.6 is 11.6 Å². The summed E-state index contributed by atoms with van der Waals surface area (Å²) in [6.45, 7) is 3.39. The fourth-order valence-corrected chi connectivity index (χ4v) is 2.19. The maximum atomic E-state index is 11.5. The highest BCUT2D eigenvalue weighted by Gasteiger charge is 2.14. The van der Waals surface area contributed by atoms with Crippen molar-refractivity contribution in [3.8, 4) is 5.88 Å². The Labute approximate surface area is 105 Å². The number of hydrogen-bond acceptors (Lipinski definition) is 5. The third kappa shape index (κ3) is 4.72. The van der Waals surface area contributed by atoms with E-state index in [1.54, 1.807) is 13.8 Å². The molecule has 0 radical (unpaired) electrons. The van der Waals surface area contributed by atoms with Crippen molar-refractivity contribution >= 4 is 27.8 Å². The summed E-state index contributed by atoms with van der Waals surface area (Å²) in [4.78, 5) is 7.51. The summed E-state index contributed by atoms with van der Waals surface area (Å²) in [6.07, 6.45) is 0. The molecule has 1 aromatic heterocycles. The van der Waals surface area contributed by atoms with E-state index in [0.29, 0.717) is 0 Å². The summed E-state index contributed by atoms with van der Waals surface area (Å²) in [6, 6.07) is 1.13. The van der Waals surface area contributed by atoms with Crippen LogP contribution in [0.15, 0.2) is 6.07 Å². The molecule has 0 fully saturated rings. The van der Waals surface area contributed by atoms with E-state index in [1.165, 1.54) is 13.2 Å². The molecule has 0 aromatic carbocycles. The van der Waals surface area contributed by atoms with E-state index in [4.69, 9.17) is 16.3 Å². The van der Waals surface area contributed by atoms with Gasteiger partial charge in [0.2, 0.25) is 11.8 Å². The maximum Gasteiger partial charge on any atom is 0.301 e. The van der Waals surface area contributed by atoms with Crippen LogP contribution in [-0.2, 0) is 10.2 Å². The molecule has 0 atom stereocenters. The van der Waals surface area contributed by atoms with Crippen molar-refractivity contribution in [2.75, 3.05) is 11.8 Å². The lowest BCUT2D eigenvalue weighted by Gasteiger charge is -2.10. The Morgan fingerprint density at radius 2 is 2.06 bits per heavy atom. The Balaban J connectivity index is 2.91. The SMILES string of the molecule is COc1cc(Cl)nc(NS(=O)(=O)NC(C)C)n1. The van der Waals surface area contributed by atoms with E-state index in [-0.39, 0.29) is 23.0 Å². The normalized spacial score (nSPS) is 11.6. The third-order valence-corrected chi connectivity index (χ3v) is 2.92.